The molecule has 0 bridgehead atoms. The molecule has 7 nitrogen and oxygen atoms in total. The van der Waals surface area contributed by atoms with Crippen LogP contribution in [0, 0.1) is 0 Å². The summed E-state index contributed by atoms with van der Waals surface area (Å²) in [6, 6.07) is 20.1. The highest BCUT2D eigenvalue weighted by Crippen LogP contribution is 2.43. The molecule has 0 saturated heterocycles. The van der Waals surface area contributed by atoms with Gasteiger partial charge in [0.1, 0.15) is 6.04 Å². The summed E-state index contributed by atoms with van der Waals surface area (Å²) >= 11 is 7.57. The largest absolute Gasteiger partial charge is 0.493 e. The lowest BCUT2D eigenvalue weighted by molar-refractivity contribution is -0.113. The van der Waals surface area contributed by atoms with E-state index in [0.29, 0.717) is 50.1 Å². The molecule has 192 valence electrons. The molecule has 1 amide bonds. The van der Waals surface area contributed by atoms with Crippen molar-refractivity contribution < 1.29 is 19.0 Å². The van der Waals surface area contributed by atoms with E-state index in [1.54, 1.807) is 33.1 Å². The van der Waals surface area contributed by atoms with Gasteiger partial charge in [-0.1, -0.05) is 53.7 Å². The van der Waals surface area contributed by atoms with Crippen molar-refractivity contribution in [3.63, 3.8) is 0 Å². The maximum Gasteiger partial charge on any atom is 0.255 e. The van der Waals surface area contributed by atoms with Crippen LogP contribution in [0.5, 0.6) is 17.2 Å². The molecule has 0 unspecified atom stereocenters. The highest BCUT2D eigenvalue weighted by molar-refractivity contribution is 8.13. The number of rotatable bonds is 8. The zero-order valence-electron chi connectivity index (χ0n) is 21.0. The Morgan fingerprint density at radius 1 is 1.00 bits per heavy atom. The lowest BCUT2D eigenvalue weighted by atomic mass is 9.95. The molecule has 37 heavy (non-hydrogen) atoms. The number of carbonyl (C=O) groups excluding carboxylic acids is 1. The van der Waals surface area contributed by atoms with Gasteiger partial charge in [-0.2, -0.15) is 0 Å². The average molecular weight is 538 g/mol. The molecule has 0 fully saturated rings. The minimum absolute atomic E-state index is 0.250. The number of anilines is 1. The second-order valence-electron chi connectivity index (χ2n) is 8.19. The van der Waals surface area contributed by atoms with Crippen LogP contribution >= 0.6 is 23.4 Å². The molecule has 0 saturated carbocycles. The van der Waals surface area contributed by atoms with Gasteiger partial charge < -0.3 is 24.8 Å². The summed E-state index contributed by atoms with van der Waals surface area (Å²) < 4.78 is 16.6. The van der Waals surface area contributed by atoms with Crippen molar-refractivity contribution >= 4 is 40.1 Å². The Hall–Kier alpha value is -3.62. The summed E-state index contributed by atoms with van der Waals surface area (Å²) in [5.74, 6) is 1.88. The SMILES string of the molecule is COc1cc([C@H]2N=C(SCc3ccc(Cl)cc3)NC(C)=C2C(=O)Nc2ccccc2)cc(OC)c1OC. The molecule has 2 N–H and O–H groups in total. The van der Waals surface area contributed by atoms with Crippen molar-refractivity contribution in [3.8, 4) is 17.2 Å². The van der Waals surface area contributed by atoms with Gasteiger partial charge in [0, 0.05) is 22.2 Å². The van der Waals surface area contributed by atoms with Crippen LogP contribution in [-0.4, -0.2) is 32.4 Å². The van der Waals surface area contributed by atoms with Gasteiger partial charge in [0.15, 0.2) is 16.7 Å². The molecule has 9 heteroatoms. The van der Waals surface area contributed by atoms with E-state index in [-0.39, 0.29) is 5.91 Å². The Kier molecular flexibility index (Phi) is 8.63. The Morgan fingerprint density at radius 2 is 1.65 bits per heavy atom. The fourth-order valence-electron chi connectivity index (χ4n) is 3.97. The number of methoxy groups -OCH3 is 3. The van der Waals surface area contributed by atoms with E-state index in [2.05, 4.69) is 10.6 Å². The smallest absolute Gasteiger partial charge is 0.255 e. The van der Waals surface area contributed by atoms with Crippen LogP contribution in [0.4, 0.5) is 5.69 Å². The molecule has 1 atom stereocenters. The molecular weight excluding hydrogens is 510 g/mol. The zero-order valence-corrected chi connectivity index (χ0v) is 22.6. The first kappa shape index (κ1) is 26.4. The maximum atomic E-state index is 13.5. The summed E-state index contributed by atoms with van der Waals surface area (Å²) in [7, 11) is 4.67. The third-order valence-electron chi connectivity index (χ3n) is 5.79. The van der Waals surface area contributed by atoms with E-state index in [4.69, 9.17) is 30.8 Å². The molecule has 1 heterocycles. The number of nitrogens with zero attached hydrogens (tertiary/aromatic N) is 1. The van der Waals surface area contributed by atoms with Gasteiger partial charge in [-0.25, -0.2) is 4.99 Å². The Labute approximate surface area is 225 Å². The Bertz CT molecular complexity index is 1300. The molecule has 0 aliphatic carbocycles. The highest BCUT2D eigenvalue weighted by Gasteiger charge is 2.31. The number of halogens is 1. The number of aliphatic imine (C=N–C) groups is 1. The van der Waals surface area contributed by atoms with Crippen molar-refractivity contribution in [2.45, 2.75) is 18.7 Å². The quantitative estimate of drug-likeness (QED) is 0.355. The minimum atomic E-state index is -0.605. The number of benzene rings is 3. The molecule has 3 aromatic rings. The number of nitrogens with one attached hydrogen (secondary N) is 2. The first-order valence-corrected chi connectivity index (χ1v) is 12.9. The van der Waals surface area contributed by atoms with Crippen LogP contribution in [0.3, 0.4) is 0 Å². The van der Waals surface area contributed by atoms with E-state index < -0.39 is 6.04 Å². The number of carbonyl (C=O) groups is 1. The first-order chi connectivity index (χ1) is 17.9. The number of amides is 1. The lowest BCUT2D eigenvalue weighted by Gasteiger charge is -2.27. The van der Waals surface area contributed by atoms with Gasteiger partial charge in [0.25, 0.3) is 5.91 Å². The van der Waals surface area contributed by atoms with Gasteiger partial charge >= 0.3 is 0 Å². The van der Waals surface area contributed by atoms with Crippen molar-refractivity contribution in [1.82, 2.24) is 5.32 Å². The fraction of sp³-hybridized carbons (Fsp3) is 0.214. The highest BCUT2D eigenvalue weighted by atomic mass is 35.5. The monoisotopic (exact) mass is 537 g/mol. The molecule has 0 spiro atoms. The normalized spacial score (nSPS) is 14.9. The zero-order chi connectivity index (χ0) is 26.4. The minimum Gasteiger partial charge on any atom is -0.493 e. The third kappa shape index (κ3) is 6.21. The van der Waals surface area contributed by atoms with Gasteiger partial charge in [-0.3, -0.25) is 4.79 Å². The number of thioether (sulfide) groups is 1. The second-order valence-corrected chi connectivity index (χ2v) is 9.59. The van der Waals surface area contributed by atoms with Gasteiger partial charge in [0.05, 0.1) is 26.9 Å². The Balaban J connectivity index is 1.72. The summed E-state index contributed by atoms with van der Waals surface area (Å²) in [4.78, 5) is 18.5. The van der Waals surface area contributed by atoms with Crippen molar-refractivity contribution in [3.05, 3.63) is 94.1 Å². The van der Waals surface area contributed by atoms with Gasteiger partial charge in [-0.15, -0.1) is 0 Å². The predicted octanol–water partition coefficient (Wildman–Crippen LogP) is 6.21. The second kappa shape index (κ2) is 12.1. The van der Waals surface area contributed by atoms with Crippen LogP contribution in [0.25, 0.3) is 0 Å². The van der Waals surface area contributed by atoms with Crippen molar-refractivity contribution in [2.24, 2.45) is 4.99 Å². The van der Waals surface area contributed by atoms with E-state index in [1.807, 2.05) is 73.7 Å². The fourth-order valence-corrected chi connectivity index (χ4v) is 4.99. The maximum absolute atomic E-state index is 13.5. The Morgan fingerprint density at radius 3 is 2.24 bits per heavy atom. The molecular formula is C28H28ClN3O4S. The van der Waals surface area contributed by atoms with Gasteiger partial charge in [-0.05, 0) is 54.4 Å². The number of allylic oxidation sites excluding steroid dienone is 1. The standard InChI is InChI=1S/C28H28ClN3O4S/c1-17-24(27(33)31-21-8-6-5-7-9-21)25(19-14-22(34-2)26(36-4)23(15-19)35-3)32-28(30-17)37-16-18-10-12-20(29)13-11-18/h5-15,25H,16H2,1-4H3,(H,30,32)(H,31,33)/t25-/m1/s1. The number of ether oxygens (including phenoxy) is 3. The van der Waals surface area contributed by atoms with E-state index in [9.17, 15) is 4.79 Å². The number of amidine groups is 1. The van der Waals surface area contributed by atoms with Crippen LogP contribution in [0.2, 0.25) is 5.02 Å². The predicted molar refractivity (Wildman–Crippen MR) is 150 cm³/mol. The first-order valence-electron chi connectivity index (χ1n) is 11.5. The van der Waals surface area contributed by atoms with Crippen LogP contribution in [0.1, 0.15) is 24.1 Å². The van der Waals surface area contributed by atoms with Crippen molar-refractivity contribution in [1.29, 1.82) is 0 Å². The summed E-state index contributed by atoms with van der Waals surface area (Å²) in [5, 5.41) is 7.69. The molecule has 4 rings (SSSR count). The van der Waals surface area contributed by atoms with Crippen molar-refractivity contribution in [2.75, 3.05) is 26.6 Å². The molecule has 1 aliphatic heterocycles. The lowest BCUT2D eigenvalue weighted by Crippen LogP contribution is -2.32. The summed E-state index contributed by atoms with van der Waals surface area (Å²) in [6.45, 7) is 1.88. The van der Waals surface area contributed by atoms with E-state index >= 15 is 0 Å². The number of para-hydroxylation sites is 1. The van der Waals surface area contributed by atoms with E-state index in [1.165, 1.54) is 0 Å². The van der Waals surface area contributed by atoms with Crippen LogP contribution < -0.4 is 24.8 Å². The topological polar surface area (TPSA) is 81.2 Å². The van der Waals surface area contributed by atoms with Crippen LogP contribution in [0.15, 0.2) is 83.0 Å². The van der Waals surface area contributed by atoms with Crippen LogP contribution in [-0.2, 0) is 10.5 Å². The molecule has 3 aromatic carbocycles. The molecule has 1 aliphatic rings. The third-order valence-corrected chi connectivity index (χ3v) is 7.00. The molecule has 0 radical (unpaired) electrons. The molecule has 0 aromatic heterocycles. The van der Waals surface area contributed by atoms with Gasteiger partial charge in [0.2, 0.25) is 5.75 Å². The summed E-state index contributed by atoms with van der Waals surface area (Å²) in [5.41, 5.74) is 3.74. The number of hydrogen-bond acceptors (Lipinski definition) is 7. The number of hydrogen-bond donors (Lipinski definition) is 2. The summed E-state index contributed by atoms with van der Waals surface area (Å²) in [6.07, 6.45) is 0. The van der Waals surface area contributed by atoms with E-state index in [0.717, 1.165) is 11.1 Å². The average Bonchev–Trinajstić information content (AvgIpc) is 2.91.